The van der Waals surface area contributed by atoms with Gasteiger partial charge in [-0.25, -0.2) is 14.8 Å². The van der Waals surface area contributed by atoms with Gasteiger partial charge in [-0.2, -0.15) is 10.5 Å². The number of fused-ring (bicyclic) bond motifs is 1. The molecule has 2 atom stereocenters. The molecule has 1 aromatic carbocycles. The smallest absolute Gasteiger partial charge is 0.347 e. The van der Waals surface area contributed by atoms with Gasteiger partial charge in [0.1, 0.15) is 29.3 Å². The van der Waals surface area contributed by atoms with Crippen molar-refractivity contribution in [3.05, 3.63) is 33.8 Å². The van der Waals surface area contributed by atoms with E-state index < -0.39 is 18.1 Å². The Morgan fingerprint density at radius 2 is 2.06 bits per heavy atom. The molecule has 2 aromatic rings. The van der Waals surface area contributed by atoms with Crippen LogP contribution in [0.3, 0.4) is 0 Å². The fourth-order valence-corrected chi connectivity index (χ4v) is 3.69. The van der Waals surface area contributed by atoms with E-state index in [1.165, 1.54) is 6.92 Å². The molecule has 0 radical (unpaired) electrons. The Bertz CT molecular complexity index is 1270. The van der Waals surface area contributed by atoms with Crippen LogP contribution in [0, 0.1) is 22.8 Å². The number of guanidine groups is 1. The Labute approximate surface area is 206 Å². The number of halogens is 1. The maximum absolute atomic E-state index is 12.1. The minimum atomic E-state index is -0.942. The van der Waals surface area contributed by atoms with Gasteiger partial charge in [-0.05, 0) is 38.5 Å². The molecule has 35 heavy (non-hydrogen) atoms. The molecular formula is C22H23ClN8O4. The number of carbonyl (C=O) groups excluding carboxylic acids is 1. The second-order valence-electron chi connectivity index (χ2n) is 7.18. The maximum atomic E-state index is 12.1. The van der Waals surface area contributed by atoms with Crippen molar-refractivity contribution in [3.8, 4) is 23.8 Å². The summed E-state index contributed by atoms with van der Waals surface area (Å²) in [5.74, 6) is 0.0807. The molecule has 0 saturated carbocycles. The van der Waals surface area contributed by atoms with Crippen molar-refractivity contribution in [1.29, 1.82) is 10.5 Å². The number of anilines is 3. The highest BCUT2D eigenvalue weighted by Gasteiger charge is 2.31. The fraction of sp³-hybridized carbons (Fsp3) is 0.318. The van der Waals surface area contributed by atoms with Gasteiger partial charge in [0, 0.05) is 5.56 Å². The molecule has 2 heterocycles. The third-order valence-electron chi connectivity index (χ3n) is 4.92. The van der Waals surface area contributed by atoms with Crippen LogP contribution in [-0.2, 0) is 9.53 Å². The average Bonchev–Trinajstić information content (AvgIpc) is 2.81. The average molecular weight is 499 g/mol. The van der Waals surface area contributed by atoms with Gasteiger partial charge in [0.2, 0.25) is 5.96 Å². The molecule has 0 fully saturated rings. The molecule has 0 bridgehead atoms. The molecule has 6 N–H and O–H groups in total. The number of ether oxygens (including phenoxy) is 3. The first-order valence-electron chi connectivity index (χ1n) is 10.5. The molecule has 13 heteroatoms. The van der Waals surface area contributed by atoms with Crippen LogP contribution in [0.2, 0.25) is 5.02 Å². The molecule has 0 saturated heterocycles. The van der Waals surface area contributed by atoms with Crippen LogP contribution < -0.4 is 31.6 Å². The number of esters is 1. The molecule has 0 spiro atoms. The van der Waals surface area contributed by atoms with E-state index in [4.69, 9.17) is 42.5 Å². The number of carbonyl (C=O) groups is 1. The first kappa shape index (κ1) is 25.2. The number of nitrogens with zero attached hydrogens (tertiary/aromatic N) is 4. The van der Waals surface area contributed by atoms with E-state index >= 15 is 0 Å². The van der Waals surface area contributed by atoms with Crippen LogP contribution in [0.15, 0.2) is 17.1 Å². The lowest BCUT2D eigenvalue weighted by atomic mass is 9.95. The van der Waals surface area contributed by atoms with Crippen molar-refractivity contribution in [2.45, 2.75) is 32.9 Å². The molecule has 3 rings (SSSR count). The van der Waals surface area contributed by atoms with Gasteiger partial charge in [0.15, 0.2) is 23.8 Å². The van der Waals surface area contributed by atoms with Gasteiger partial charge in [-0.15, -0.1) is 0 Å². The number of hydrogen-bond donors (Lipinski definition) is 4. The quantitative estimate of drug-likeness (QED) is 0.248. The third kappa shape index (κ3) is 5.08. The molecule has 2 unspecified atom stereocenters. The fourth-order valence-electron chi connectivity index (χ4n) is 3.43. The zero-order valence-electron chi connectivity index (χ0n) is 19.2. The number of benzene rings is 1. The summed E-state index contributed by atoms with van der Waals surface area (Å²) in [5.41, 5.74) is 13.1. The van der Waals surface area contributed by atoms with Crippen molar-refractivity contribution in [2.75, 3.05) is 30.0 Å². The number of rotatable bonds is 7. The normalized spacial score (nSPS) is 14.8. The second-order valence-corrected chi connectivity index (χ2v) is 7.58. The lowest BCUT2D eigenvalue weighted by Gasteiger charge is -2.27. The summed E-state index contributed by atoms with van der Waals surface area (Å²) >= 11 is 6.56. The van der Waals surface area contributed by atoms with Gasteiger partial charge in [-0.1, -0.05) is 11.6 Å². The number of aromatic nitrogens is 1. The summed E-state index contributed by atoms with van der Waals surface area (Å²) in [6.07, 6.45) is 0.844. The van der Waals surface area contributed by atoms with Crippen LogP contribution in [0.4, 0.5) is 17.3 Å². The van der Waals surface area contributed by atoms with Gasteiger partial charge in [-0.3, -0.25) is 5.32 Å². The van der Waals surface area contributed by atoms with E-state index in [-0.39, 0.29) is 58.6 Å². The third-order valence-corrected chi connectivity index (χ3v) is 5.20. The number of aliphatic imine (C=N–C) groups is 1. The van der Waals surface area contributed by atoms with E-state index in [9.17, 15) is 10.1 Å². The highest BCUT2D eigenvalue weighted by molar-refractivity contribution is 6.32. The molecule has 0 aliphatic carbocycles. The zero-order valence-corrected chi connectivity index (χ0v) is 19.9. The van der Waals surface area contributed by atoms with Crippen molar-refractivity contribution in [2.24, 2.45) is 4.99 Å². The Morgan fingerprint density at radius 1 is 1.31 bits per heavy atom. The highest BCUT2D eigenvalue weighted by Crippen LogP contribution is 2.45. The van der Waals surface area contributed by atoms with Crippen LogP contribution in [0.5, 0.6) is 11.5 Å². The van der Waals surface area contributed by atoms with Crippen molar-refractivity contribution in [1.82, 2.24) is 10.3 Å². The van der Waals surface area contributed by atoms with Gasteiger partial charge < -0.3 is 31.0 Å². The zero-order chi connectivity index (χ0) is 25.7. The molecule has 12 nitrogen and oxygen atoms in total. The van der Waals surface area contributed by atoms with Gasteiger partial charge in [0.25, 0.3) is 0 Å². The van der Waals surface area contributed by atoms with Crippen LogP contribution in [0.1, 0.15) is 43.5 Å². The van der Waals surface area contributed by atoms with Crippen molar-refractivity contribution in [3.63, 3.8) is 0 Å². The minimum Gasteiger partial charge on any atom is -0.490 e. The monoisotopic (exact) mass is 498 g/mol. The van der Waals surface area contributed by atoms with E-state index in [0.717, 1.165) is 0 Å². The SMILES string of the molecule is CCOC(=O)C(C)Oc1c(Cl)cc(C2N=C(NC#N)Nc3nc(N)c(C#N)c(N)c32)cc1OCC. The lowest BCUT2D eigenvalue weighted by molar-refractivity contribution is -0.150. The largest absolute Gasteiger partial charge is 0.490 e. The molecule has 1 aromatic heterocycles. The minimum absolute atomic E-state index is 0.00165. The Balaban J connectivity index is 2.16. The van der Waals surface area contributed by atoms with E-state index in [1.807, 2.05) is 6.07 Å². The van der Waals surface area contributed by atoms with Gasteiger partial charge >= 0.3 is 5.97 Å². The van der Waals surface area contributed by atoms with Crippen molar-refractivity contribution < 1.29 is 19.0 Å². The van der Waals surface area contributed by atoms with Crippen LogP contribution >= 0.6 is 11.6 Å². The Kier molecular flexibility index (Phi) is 7.69. The molecule has 0 amide bonds. The molecule has 182 valence electrons. The van der Waals surface area contributed by atoms with Crippen molar-refractivity contribution >= 4 is 40.9 Å². The summed E-state index contributed by atoms with van der Waals surface area (Å²) < 4.78 is 16.5. The lowest BCUT2D eigenvalue weighted by Crippen LogP contribution is -2.32. The van der Waals surface area contributed by atoms with Crippen LogP contribution in [0.25, 0.3) is 0 Å². The number of hydrogen-bond acceptors (Lipinski definition) is 12. The first-order chi connectivity index (χ1) is 16.7. The number of nitrogen functional groups attached to an aromatic ring is 2. The second kappa shape index (κ2) is 10.7. The summed E-state index contributed by atoms with van der Waals surface area (Å²) in [5, 5.41) is 24.0. The summed E-state index contributed by atoms with van der Waals surface area (Å²) in [6.45, 7) is 5.47. The standard InChI is InChI=1S/C22H23ClN8O4/c1-4-33-14-7-11(6-13(23)18(14)35-10(3)21(32)34-5-2)17-15-16(26)12(8-24)19(27)30-20(15)31-22(29-17)28-9-25/h6-7,10,17H,4-5H2,1-3H3,(H6,26,27,28,29,30,31). The highest BCUT2D eigenvalue weighted by atomic mass is 35.5. The number of nitrogens with two attached hydrogens (primary N) is 2. The van der Waals surface area contributed by atoms with E-state index in [2.05, 4.69) is 20.6 Å². The number of pyridine rings is 1. The van der Waals surface area contributed by atoms with E-state index in [0.29, 0.717) is 11.1 Å². The predicted molar refractivity (Wildman–Crippen MR) is 129 cm³/mol. The molecule has 1 aliphatic rings. The molecular weight excluding hydrogens is 476 g/mol. The predicted octanol–water partition coefficient (Wildman–Crippen LogP) is 2.44. The van der Waals surface area contributed by atoms with E-state index in [1.54, 1.807) is 32.2 Å². The first-order valence-corrected chi connectivity index (χ1v) is 10.9. The number of nitriles is 2. The Hall–Kier alpha value is -4.42. The summed E-state index contributed by atoms with van der Waals surface area (Å²) in [4.78, 5) is 20.8. The molecule has 1 aliphatic heterocycles. The maximum Gasteiger partial charge on any atom is 0.347 e. The van der Waals surface area contributed by atoms with Gasteiger partial charge in [0.05, 0.1) is 23.9 Å². The summed E-state index contributed by atoms with van der Waals surface area (Å²) in [6, 6.07) is 4.29. The summed E-state index contributed by atoms with van der Waals surface area (Å²) in [7, 11) is 0. The number of nitrogens with one attached hydrogen (secondary N) is 2. The Morgan fingerprint density at radius 3 is 2.69 bits per heavy atom. The topological polar surface area (TPSA) is 194 Å². The van der Waals surface area contributed by atoms with Crippen LogP contribution in [-0.4, -0.2) is 36.2 Å².